The maximum Gasteiger partial charge on any atom is 0.349 e. The van der Waals surface area contributed by atoms with Crippen LogP contribution in [0.2, 0.25) is 0 Å². The molecule has 2 aromatic rings. The Hall–Kier alpha value is -1.94. The van der Waals surface area contributed by atoms with Crippen molar-refractivity contribution in [3.05, 3.63) is 10.0 Å². The molecule has 3 heterocycles. The predicted molar refractivity (Wildman–Crippen MR) is 65.0 cm³/mol. The van der Waals surface area contributed by atoms with Crippen molar-refractivity contribution in [2.24, 2.45) is 0 Å². The first-order valence-electron chi connectivity index (χ1n) is 4.86. The summed E-state index contributed by atoms with van der Waals surface area (Å²) in [5.41, 5.74) is 0. The lowest BCUT2D eigenvalue weighted by Gasteiger charge is -2.34. The number of aryl methyl sites for hydroxylation is 2. The highest BCUT2D eigenvalue weighted by Crippen LogP contribution is 2.33. The molecular formula is C8H6N6O2S2. The quantitative estimate of drug-likeness (QED) is 0.830. The average molecular weight is 282 g/mol. The molecule has 0 aromatic carbocycles. The SMILES string of the molecule is Cc1nnc(N2C(=O)N(c3nnc(C)s3)C2=O)s1. The van der Waals surface area contributed by atoms with Crippen LogP contribution < -0.4 is 9.80 Å². The van der Waals surface area contributed by atoms with Crippen LogP contribution in [-0.4, -0.2) is 32.5 Å². The number of hydrogen-bond acceptors (Lipinski definition) is 8. The minimum atomic E-state index is -0.479. The Kier molecular flexibility index (Phi) is 2.35. The molecule has 0 atom stereocenters. The van der Waals surface area contributed by atoms with Crippen LogP contribution >= 0.6 is 22.7 Å². The second kappa shape index (κ2) is 3.78. The minimum absolute atomic E-state index is 0.278. The molecule has 1 aliphatic rings. The van der Waals surface area contributed by atoms with Gasteiger partial charge in [0.15, 0.2) is 0 Å². The van der Waals surface area contributed by atoms with Gasteiger partial charge in [-0.05, 0) is 13.8 Å². The molecule has 0 bridgehead atoms. The van der Waals surface area contributed by atoms with Crippen LogP contribution in [0.15, 0.2) is 0 Å². The van der Waals surface area contributed by atoms with E-state index in [9.17, 15) is 9.59 Å². The van der Waals surface area contributed by atoms with Crippen molar-refractivity contribution < 1.29 is 9.59 Å². The molecule has 10 heteroatoms. The zero-order chi connectivity index (χ0) is 12.9. The van der Waals surface area contributed by atoms with Gasteiger partial charge in [-0.2, -0.15) is 9.80 Å². The summed E-state index contributed by atoms with van der Waals surface area (Å²) in [4.78, 5) is 25.7. The molecule has 0 radical (unpaired) electrons. The van der Waals surface area contributed by atoms with Crippen molar-refractivity contribution >= 4 is 45.0 Å². The third-order valence-electron chi connectivity index (χ3n) is 2.18. The predicted octanol–water partition coefficient (Wildman–Crippen LogP) is 1.57. The number of aromatic nitrogens is 4. The Morgan fingerprint density at radius 1 is 0.778 bits per heavy atom. The third kappa shape index (κ3) is 1.49. The van der Waals surface area contributed by atoms with Crippen molar-refractivity contribution in [1.82, 2.24) is 20.4 Å². The van der Waals surface area contributed by atoms with Gasteiger partial charge in [0.25, 0.3) is 0 Å². The van der Waals surface area contributed by atoms with Gasteiger partial charge in [0.05, 0.1) is 0 Å². The highest BCUT2D eigenvalue weighted by atomic mass is 32.1. The van der Waals surface area contributed by atoms with Gasteiger partial charge in [0.2, 0.25) is 10.3 Å². The van der Waals surface area contributed by atoms with E-state index < -0.39 is 12.1 Å². The van der Waals surface area contributed by atoms with E-state index >= 15 is 0 Å². The van der Waals surface area contributed by atoms with E-state index in [1.54, 1.807) is 13.8 Å². The Morgan fingerprint density at radius 3 is 1.44 bits per heavy atom. The molecule has 3 rings (SSSR count). The molecule has 2 aromatic heterocycles. The number of nitrogens with zero attached hydrogens (tertiary/aromatic N) is 6. The van der Waals surface area contributed by atoms with Crippen molar-refractivity contribution in [2.75, 3.05) is 9.80 Å². The molecule has 1 saturated heterocycles. The monoisotopic (exact) mass is 282 g/mol. The van der Waals surface area contributed by atoms with Gasteiger partial charge in [0.1, 0.15) is 10.0 Å². The summed E-state index contributed by atoms with van der Waals surface area (Å²) in [6.45, 7) is 3.50. The van der Waals surface area contributed by atoms with Crippen LogP contribution in [0.3, 0.4) is 0 Å². The number of hydrogen-bond donors (Lipinski definition) is 0. The standard InChI is InChI=1S/C8H6N6O2S2/c1-3-9-11-5(17-3)13-7(15)14(8(13)16)6-12-10-4(2)18-6/h1-2H3. The van der Waals surface area contributed by atoms with Gasteiger partial charge in [-0.1, -0.05) is 22.7 Å². The second-order valence-corrected chi connectivity index (χ2v) is 5.76. The first-order valence-corrected chi connectivity index (χ1v) is 6.49. The lowest BCUT2D eigenvalue weighted by atomic mass is 10.5. The number of carbonyl (C=O) groups is 2. The summed E-state index contributed by atoms with van der Waals surface area (Å²) in [6, 6.07) is -0.959. The van der Waals surface area contributed by atoms with Crippen molar-refractivity contribution in [3.63, 3.8) is 0 Å². The van der Waals surface area contributed by atoms with Crippen LogP contribution in [0.5, 0.6) is 0 Å². The zero-order valence-corrected chi connectivity index (χ0v) is 10.9. The van der Waals surface area contributed by atoms with Gasteiger partial charge >= 0.3 is 12.1 Å². The Balaban J connectivity index is 1.88. The maximum absolute atomic E-state index is 11.9. The smallest absolute Gasteiger partial charge is 0.246 e. The van der Waals surface area contributed by atoms with E-state index in [1.165, 1.54) is 22.7 Å². The summed E-state index contributed by atoms with van der Waals surface area (Å²) in [7, 11) is 0. The number of imide groups is 2. The molecule has 4 amide bonds. The normalized spacial score (nSPS) is 15.2. The van der Waals surface area contributed by atoms with Crippen molar-refractivity contribution in [1.29, 1.82) is 0 Å². The van der Waals surface area contributed by atoms with E-state index in [-0.39, 0.29) is 10.3 Å². The summed E-state index contributed by atoms with van der Waals surface area (Å²) in [5.74, 6) is 0. The molecule has 8 nitrogen and oxygen atoms in total. The van der Waals surface area contributed by atoms with Gasteiger partial charge < -0.3 is 0 Å². The molecule has 1 aliphatic heterocycles. The average Bonchev–Trinajstić information content (AvgIpc) is 2.89. The number of anilines is 2. The van der Waals surface area contributed by atoms with E-state index in [0.717, 1.165) is 9.80 Å². The summed E-state index contributed by atoms with van der Waals surface area (Å²) in [6.07, 6.45) is 0. The Morgan fingerprint density at radius 2 is 1.17 bits per heavy atom. The second-order valence-electron chi connectivity index (χ2n) is 3.44. The molecule has 92 valence electrons. The number of carbonyl (C=O) groups excluding carboxylic acids is 2. The summed E-state index contributed by atoms with van der Waals surface area (Å²) in [5, 5.41) is 17.0. The Labute approximate surface area is 109 Å². The summed E-state index contributed by atoms with van der Waals surface area (Å²) >= 11 is 2.37. The van der Waals surface area contributed by atoms with Gasteiger partial charge in [-0.25, -0.2) is 9.59 Å². The van der Waals surface area contributed by atoms with Crippen molar-refractivity contribution in [2.45, 2.75) is 13.8 Å². The van der Waals surface area contributed by atoms with Gasteiger partial charge in [0, 0.05) is 0 Å². The molecule has 1 fully saturated rings. The van der Waals surface area contributed by atoms with Crippen LogP contribution in [0.1, 0.15) is 10.0 Å². The van der Waals surface area contributed by atoms with Crippen LogP contribution in [0.4, 0.5) is 19.9 Å². The first kappa shape index (κ1) is 11.2. The fraction of sp³-hybridized carbons (Fsp3) is 0.250. The maximum atomic E-state index is 11.9. The molecule has 18 heavy (non-hydrogen) atoms. The minimum Gasteiger partial charge on any atom is -0.246 e. The van der Waals surface area contributed by atoms with E-state index in [4.69, 9.17) is 0 Å². The number of amides is 4. The van der Waals surface area contributed by atoms with Crippen LogP contribution in [-0.2, 0) is 0 Å². The first-order chi connectivity index (χ1) is 8.58. The molecule has 0 N–H and O–H groups in total. The number of urea groups is 2. The van der Waals surface area contributed by atoms with E-state index in [0.29, 0.717) is 10.0 Å². The Bertz CT molecular complexity index is 581. The topological polar surface area (TPSA) is 92.2 Å². The van der Waals surface area contributed by atoms with E-state index in [2.05, 4.69) is 20.4 Å². The molecule has 0 saturated carbocycles. The van der Waals surface area contributed by atoms with Gasteiger partial charge in [-0.15, -0.1) is 20.4 Å². The zero-order valence-electron chi connectivity index (χ0n) is 9.32. The third-order valence-corrected chi connectivity index (χ3v) is 3.83. The highest BCUT2D eigenvalue weighted by Gasteiger charge is 2.49. The van der Waals surface area contributed by atoms with E-state index in [1.807, 2.05) is 0 Å². The lowest BCUT2D eigenvalue weighted by Crippen LogP contribution is -2.64. The summed E-state index contributed by atoms with van der Waals surface area (Å²) < 4.78 is 0. The van der Waals surface area contributed by atoms with Crippen molar-refractivity contribution in [3.8, 4) is 0 Å². The fourth-order valence-corrected chi connectivity index (χ4v) is 2.75. The largest absolute Gasteiger partial charge is 0.349 e. The molecular weight excluding hydrogens is 276 g/mol. The van der Waals surface area contributed by atoms with Gasteiger partial charge in [-0.3, -0.25) is 0 Å². The molecule has 0 unspecified atom stereocenters. The van der Waals surface area contributed by atoms with Crippen LogP contribution in [0, 0.1) is 13.8 Å². The number of rotatable bonds is 2. The molecule has 0 spiro atoms. The lowest BCUT2D eigenvalue weighted by molar-refractivity contribution is 0.226. The fourth-order valence-electron chi connectivity index (χ4n) is 1.40. The molecule has 0 aliphatic carbocycles. The highest BCUT2D eigenvalue weighted by molar-refractivity contribution is 7.16. The van der Waals surface area contributed by atoms with Crippen LogP contribution in [0.25, 0.3) is 0 Å².